The molecule has 1 saturated heterocycles. The van der Waals surface area contributed by atoms with Crippen LogP contribution in [-0.2, 0) is 18.6 Å². The maximum Gasteiger partial charge on any atom is 0.170 e. The average molecular weight is 374 g/mol. The van der Waals surface area contributed by atoms with Gasteiger partial charge >= 0.3 is 0 Å². The summed E-state index contributed by atoms with van der Waals surface area (Å²) in [4.78, 5) is 2.34. The molecule has 5 rings (SSSR count). The van der Waals surface area contributed by atoms with E-state index in [0.717, 1.165) is 55.8 Å². The first-order valence-corrected chi connectivity index (χ1v) is 10.2. The summed E-state index contributed by atoms with van der Waals surface area (Å²) in [5.41, 5.74) is 2.16. The number of aromatic nitrogens is 3. The lowest BCUT2D eigenvalue weighted by atomic mass is 9.74. The van der Waals surface area contributed by atoms with Gasteiger partial charge in [-0.05, 0) is 50.5 Å². The number of rotatable bonds is 2. The molecule has 5 nitrogen and oxygen atoms in total. The number of aryl methyl sites for hydroxylation is 1. The van der Waals surface area contributed by atoms with E-state index in [2.05, 4.69) is 57.0 Å². The molecule has 1 unspecified atom stereocenters. The van der Waals surface area contributed by atoms with Gasteiger partial charge in [-0.15, -0.1) is 10.2 Å². The van der Waals surface area contributed by atoms with Crippen LogP contribution in [0.1, 0.15) is 29.8 Å². The van der Waals surface area contributed by atoms with Crippen molar-refractivity contribution in [3.63, 3.8) is 0 Å². The van der Waals surface area contributed by atoms with Crippen LogP contribution in [0, 0.1) is 5.92 Å². The van der Waals surface area contributed by atoms with Crippen LogP contribution in [-0.4, -0.2) is 44.9 Å². The number of piperidine rings is 1. The number of aliphatic hydroxyl groups is 1. The molecule has 144 valence electrons. The van der Waals surface area contributed by atoms with E-state index in [0.29, 0.717) is 5.82 Å². The minimum Gasteiger partial charge on any atom is -0.377 e. The standard InChI is InChI=1S/C23H26N4O/c1-26-14-12-19(13-15-26)23(28)20-10-6-5-7-17(20)11-16-27-21(24-25-22(23)27)18-8-3-2-4-9-18/h2-10,19,28H,11-16H2,1H3. The minimum absolute atomic E-state index is 0.134. The Balaban J connectivity index is 1.69. The number of hydrogen-bond donors (Lipinski definition) is 1. The Morgan fingerprint density at radius 1 is 0.929 bits per heavy atom. The smallest absolute Gasteiger partial charge is 0.170 e. The monoisotopic (exact) mass is 374 g/mol. The molecule has 0 saturated carbocycles. The van der Waals surface area contributed by atoms with Gasteiger partial charge in [0.2, 0.25) is 0 Å². The Morgan fingerprint density at radius 3 is 2.43 bits per heavy atom. The molecule has 0 amide bonds. The van der Waals surface area contributed by atoms with Crippen molar-refractivity contribution in [1.29, 1.82) is 0 Å². The van der Waals surface area contributed by atoms with E-state index in [1.54, 1.807) is 0 Å². The van der Waals surface area contributed by atoms with Crippen molar-refractivity contribution in [2.75, 3.05) is 20.1 Å². The molecule has 2 aliphatic rings. The van der Waals surface area contributed by atoms with Crippen molar-refractivity contribution in [2.45, 2.75) is 31.4 Å². The second-order valence-corrected chi connectivity index (χ2v) is 8.12. The fraction of sp³-hybridized carbons (Fsp3) is 0.391. The maximum absolute atomic E-state index is 12.3. The lowest BCUT2D eigenvalue weighted by Gasteiger charge is -2.40. The van der Waals surface area contributed by atoms with Crippen LogP contribution in [0.5, 0.6) is 0 Å². The Bertz CT molecular complexity index is 975. The maximum atomic E-state index is 12.3. The van der Waals surface area contributed by atoms with Gasteiger partial charge in [-0.3, -0.25) is 0 Å². The highest BCUT2D eigenvalue weighted by Crippen LogP contribution is 2.44. The Hall–Kier alpha value is -2.50. The molecule has 2 aromatic carbocycles. The Morgan fingerprint density at radius 2 is 1.64 bits per heavy atom. The summed E-state index contributed by atoms with van der Waals surface area (Å²) in [5.74, 6) is 1.68. The van der Waals surface area contributed by atoms with Gasteiger partial charge in [0, 0.05) is 18.0 Å². The lowest BCUT2D eigenvalue weighted by Crippen LogP contribution is -2.44. The van der Waals surface area contributed by atoms with Crippen LogP contribution in [0.25, 0.3) is 11.4 Å². The zero-order chi connectivity index (χ0) is 19.1. The fourth-order valence-electron chi connectivity index (χ4n) is 4.89. The first-order valence-electron chi connectivity index (χ1n) is 10.2. The van der Waals surface area contributed by atoms with Gasteiger partial charge in [0.1, 0.15) is 0 Å². The zero-order valence-corrected chi connectivity index (χ0v) is 16.3. The zero-order valence-electron chi connectivity index (χ0n) is 16.3. The second-order valence-electron chi connectivity index (χ2n) is 8.12. The average Bonchev–Trinajstić information content (AvgIpc) is 3.12. The van der Waals surface area contributed by atoms with Crippen LogP contribution in [0.2, 0.25) is 0 Å². The van der Waals surface area contributed by atoms with Crippen molar-refractivity contribution >= 4 is 0 Å². The molecular formula is C23H26N4O. The van der Waals surface area contributed by atoms with E-state index in [-0.39, 0.29) is 5.92 Å². The van der Waals surface area contributed by atoms with Gasteiger partial charge in [0.15, 0.2) is 17.2 Å². The molecule has 0 bridgehead atoms. The summed E-state index contributed by atoms with van der Waals surface area (Å²) in [6.07, 6.45) is 2.78. The van der Waals surface area contributed by atoms with E-state index >= 15 is 0 Å². The van der Waals surface area contributed by atoms with E-state index in [9.17, 15) is 5.11 Å². The van der Waals surface area contributed by atoms with Gasteiger partial charge in [0.25, 0.3) is 0 Å². The van der Waals surface area contributed by atoms with Gasteiger partial charge in [0.05, 0.1) is 0 Å². The molecule has 1 fully saturated rings. The van der Waals surface area contributed by atoms with E-state index in [4.69, 9.17) is 0 Å². The number of benzene rings is 2. The van der Waals surface area contributed by atoms with Crippen molar-refractivity contribution in [3.05, 3.63) is 71.5 Å². The van der Waals surface area contributed by atoms with Crippen LogP contribution in [0.3, 0.4) is 0 Å². The SMILES string of the molecule is CN1CCC(C2(O)c3ccccc3CCn3c(-c4ccccc4)nnc32)CC1. The molecule has 1 aromatic heterocycles. The third kappa shape index (κ3) is 2.69. The molecule has 0 spiro atoms. The summed E-state index contributed by atoms with van der Waals surface area (Å²) in [5, 5.41) is 21.4. The molecule has 2 aliphatic heterocycles. The van der Waals surface area contributed by atoms with Crippen LogP contribution in [0.4, 0.5) is 0 Å². The van der Waals surface area contributed by atoms with Crippen molar-refractivity contribution in [1.82, 2.24) is 19.7 Å². The van der Waals surface area contributed by atoms with Crippen molar-refractivity contribution in [2.24, 2.45) is 5.92 Å². The number of hydrogen-bond acceptors (Lipinski definition) is 4. The largest absolute Gasteiger partial charge is 0.377 e. The molecule has 0 aliphatic carbocycles. The highest BCUT2D eigenvalue weighted by Gasteiger charge is 2.47. The van der Waals surface area contributed by atoms with Crippen LogP contribution >= 0.6 is 0 Å². The quantitative estimate of drug-likeness (QED) is 0.749. The molecule has 5 heteroatoms. The summed E-state index contributed by atoms with van der Waals surface area (Å²) in [6, 6.07) is 18.5. The second kappa shape index (κ2) is 6.83. The molecule has 28 heavy (non-hydrogen) atoms. The van der Waals surface area contributed by atoms with Crippen molar-refractivity contribution in [3.8, 4) is 11.4 Å². The van der Waals surface area contributed by atoms with Crippen molar-refractivity contribution < 1.29 is 5.11 Å². The normalized spacial score (nSPS) is 23.1. The number of fused-ring (bicyclic) bond motifs is 2. The molecule has 1 atom stereocenters. The highest BCUT2D eigenvalue weighted by molar-refractivity contribution is 5.56. The Kier molecular flexibility index (Phi) is 4.29. The number of nitrogens with zero attached hydrogens (tertiary/aromatic N) is 4. The summed E-state index contributed by atoms with van der Waals surface area (Å²) in [7, 11) is 2.15. The predicted octanol–water partition coefficient (Wildman–Crippen LogP) is 3.08. The van der Waals surface area contributed by atoms with E-state index in [1.165, 1.54) is 5.56 Å². The molecule has 1 N–H and O–H groups in total. The first kappa shape index (κ1) is 17.6. The fourth-order valence-corrected chi connectivity index (χ4v) is 4.89. The van der Waals surface area contributed by atoms with Gasteiger partial charge < -0.3 is 14.6 Å². The molecule has 0 radical (unpaired) electrons. The van der Waals surface area contributed by atoms with Gasteiger partial charge in [-0.25, -0.2) is 0 Å². The topological polar surface area (TPSA) is 54.2 Å². The predicted molar refractivity (Wildman–Crippen MR) is 109 cm³/mol. The third-order valence-corrected chi connectivity index (χ3v) is 6.47. The summed E-state index contributed by atoms with van der Waals surface area (Å²) < 4.78 is 2.15. The summed E-state index contributed by atoms with van der Waals surface area (Å²) in [6.45, 7) is 2.77. The van der Waals surface area contributed by atoms with E-state index in [1.807, 2.05) is 24.3 Å². The van der Waals surface area contributed by atoms with Gasteiger partial charge in [-0.2, -0.15) is 0 Å². The minimum atomic E-state index is -1.10. The van der Waals surface area contributed by atoms with Crippen LogP contribution in [0.15, 0.2) is 54.6 Å². The van der Waals surface area contributed by atoms with Gasteiger partial charge in [-0.1, -0.05) is 54.6 Å². The number of likely N-dealkylation sites (tertiary alicyclic amines) is 1. The molecule has 3 heterocycles. The lowest BCUT2D eigenvalue weighted by molar-refractivity contribution is -0.0198. The van der Waals surface area contributed by atoms with E-state index < -0.39 is 5.60 Å². The van der Waals surface area contributed by atoms with Crippen LogP contribution < -0.4 is 0 Å². The third-order valence-electron chi connectivity index (χ3n) is 6.47. The first-order chi connectivity index (χ1) is 13.7. The Labute approximate surface area is 165 Å². The highest BCUT2D eigenvalue weighted by atomic mass is 16.3. The molecular weight excluding hydrogens is 348 g/mol. The molecule has 3 aromatic rings. The summed E-state index contributed by atoms with van der Waals surface area (Å²) >= 11 is 0.